The van der Waals surface area contributed by atoms with E-state index in [0.717, 1.165) is 0 Å². The summed E-state index contributed by atoms with van der Waals surface area (Å²) in [5, 5.41) is 7.73. The highest BCUT2D eigenvalue weighted by molar-refractivity contribution is 6.23. The van der Waals surface area contributed by atoms with Crippen LogP contribution in [0.1, 0.15) is 33.4 Å². The van der Waals surface area contributed by atoms with Crippen LogP contribution in [0.15, 0.2) is 140 Å². The number of para-hydroxylation sites is 2. The van der Waals surface area contributed by atoms with Gasteiger partial charge in [-0.05, 0) is 155 Å². The predicted octanol–water partition coefficient (Wildman–Crippen LogP) is 13.9. The van der Waals surface area contributed by atoms with Gasteiger partial charge in [0.1, 0.15) is 0 Å². The maximum absolute atomic E-state index is 2.47. The molecule has 0 saturated carbocycles. The fourth-order valence-electron chi connectivity index (χ4n) is 9.05. The van der Waals surface area contributed by atoms with E-state index in [1.807, 2.05) is 0 Å². The van der Waals surface area contributed by atoms with Crippen LogP contribution in [0.5, 0.6) is 0 Å². The minimum Gasteiger partial charge on any atom is -0.309 e. The lowest BCUT2D eigenvalue weighted by atomic mass is 9.80. The zero-order valence-corrected chi connectivity index (χ0v) is 30.2. The molecule has 0 radical (unpaired) electrons. The Balaban J connectivity index is 1.38. The summed E-state index contributed by atoms with van der Waals surface area (Å²) >= 11 is 0. The Kier molecular flexibility index (Phi) is 7.22. The quantitative estimate of drug-likeness (QED) is 0.166. The van der Waals surface area contributed by atoms with Crippen molar-refractivity contribution >= 4 is 43.4 Å². The minimum atomic E-state index is 1.18. The minimum absolute atomic E-state index is 1.18. The zero-order valence-electron chi connectivity index (χ0n) is 30.2. The summed E-state index contributed by atoms with van der Waals surface area (Å²) in [6.07, 6.45) is 0. The molecule has 0 bridgehead atoms. The molecule has 246 valence electrons. The monoisotopic (exact) mass is 655 g/mol. The van der Waals surface area contributed by atoms with Crippen LogP contribution < -0.4 is 0 Å². The van der Waals surface area contributed by atoms with Crippen LogP contribution in [0.2, 0.25) is 0 Å². The molecular formula is C50H41N. The molecule has 0 spiro atoms. The molecular weight excluding hydrogens is 615 g/mol. The van der Waals surface area contributed by atoms with E-state index in [4.69, 9.17) is 0 Å². The largest absolute Gasteiger partial charge is 0.309 e. The van der Waals surface area contributed by atoms with Gasteiger partial charge < -0.3 is 4.57 Å². The first kappa shape index (κ1) is 31.1. The standard InChI is InChI=1S/C50H41N/c1-30-24-32(3)47(33(4)25-30)49-40-17-10-11-18-41(40)50(48-34(5)26-31(2)27-35(48)6)44-29-36(20-22-42(44)49)37-21-23-46-43(28-37)39-16-12-13-19-45(39)51(46)38-14-8-7-9-15-38/h7-29H,1-6H3. The summed E-state index contributed by atoms with van der Waals surface area (Å²) in [4.78, 5) is 0. The molecule has 1 nitrogen and oxygen atoms in total. The van der Waals surface area contributed by atoms with Crippen molar-refractivity contribution < 1.29 is 0 Å². The summed E-state index contributed by atoms with van der Waals surface area (Å²) in [7, 11) is 0. The summed E-state index contributed by atoms with van der Waals surface area (Å²) < 4.78 is 2.39. The van der Waals surface area contributed by atoms with Gasteiger partial charge in [0.05, 0.1) is 11.0 Å². The molecule has 1 heterocycles. The van der Waals surface area contributed by atoms with Gasteiger partial charge in [0, 0.05) is 16.5 Å². The molecule has 0 aliphatic carbocycles. The van der Waals surface area contributed by atoms with E-state index in [1.54, 1.807) is 0 Å². The number of hydrogen-bond acceptors (Lipinski definition) is 0. The van der Waals surface area contributed by atoms with Crippen molar-refractivity contribution in [1.82, 2.24) is 4.57 Å². The number of rotatable bonds is 4. The molecule has 1 heteroatoms. The van der Waals surface area contributed by atoms with Gasteiger partial charge in [-0.2, -0.15) is 0 Å². The van der Waals surface area contributed by atoms with E-state index in [0.29, 0.717) is 0 Å². The van der Waals surface area contributed by atoms with Crippen LogP contribution in [-0.4, -0.2) is 4.57 Å². The second-order valence-corrected chi connectivity index (χ2v) is 14.5. The van der Waals surface area contributed by atoms with Crippen LogP contribution >= 0.6 is 0 Å². The second-order valence-electron chi connectivity index (χ2n) is 14.5. The fraction of sp³-hybridized carbons (Fsp3) is 0.120. The lowest BCUT2D eigenvalue weighted by Crippen LogP contribution is -1.98. The van der Waals surface area contributed by atoms with Crippen LogP contribution in [0.25, 0.3) is 82.4 Å². The molecule has 0 unspecified atom stereocenters. The van der Waals surface area contributed by atoms with Gasteiger partial charge in [-0.3, -0.25) is 0 Å². The van der Waals surface area contributed by atoms with Gasteiger partial charge in [-0.1, -0.05) is 114 Å². The summed E-state index contributed by atoms with van der Waals surface area (Å²) in [5.74, 6) is 0. The van der Waals surface area contributed by atoms with Gasteiger partial charge in [0.25, 0.3) is 0 Å². The van der Waals surface area contributed by atoms with E-state index >= 15 is 0 Å². The summed E-state index contributed by atoms with van der Waals surface area (Å²) in [6, 6.07) is 52.1. The number of fused-ring (bicyclic) bond motifs is 5. The van der Waals surface area contributed by atoms with E-state index < -0.39 is 0 Å². The molecule has 0 aliphatic rings. The number of aromatic nitrogens is 1. The second kappa shape index (κ2) is 11.9. The molecule has 9 aromatic rings. The third-order valence-corrected chi connectivity index (χ3v) is 10.9. The van der Waals surface area contributed by atoms with Crippen molar-refractivity contribution in [3.8, 4) is 39.1 Å². The summed E-state index contributed by atoms with van der Waals surface area (Å²) in [5.41, 5.74) is 19.3. The molecule has 9 rings (SSSR count). The van der Waals surface area contributed by atoms with Crippen molar-refractivity contribution in [2.24, 2.45) is 0 Å². The lowest BCUT2D eigenvalue weighted by Gasteiger charge is -2.23. The maximum atomic E-state index is 2.47. The highest BCUT2D eigenvalue weighted by atomic mass is 15.0. The third kappa shape index (κ3) is 4.91. The average molecular weight is 656 g/mol. The molecule has 0 saturated heterocycles. The van der Waals surface area contributed by atoms with Gasteiger partial charge in [0.15, 0.2) is 0 Å². The normalized spacial score (nSPS) is 11.7. The number of aryl methyl sites for hydroxylation is 6. The maximum Gasteiger partial charge on any atom is 0.0541 e. The first-order valence-electron chi connectivity index (χ1n) is 18.0. The Morgan fingerprint density at radius 2 is 0.745 bits per heavy atom. The fourth-order valence-corrected chi connectivity index (χ4v) is 9.05. The van der Waals surface area contributed by atoms with Crippen LogP contribution in [0.3, 0.4) is 0 Å². The van der Waals surface area contributed by atoms with E-state index in [9.17, 15) is 0 Å². The lowest BCUT2D eigenvalue weighted by molar-refractivity contribution is 1.18. The molecule has 0 N–H and O–H groups in total. The van der Waals surface area contributed by atoms with E-state index in [1.165, 1.54) is 116 Å². The smallest absolute Gasteiger partial charge is 0.0541 e. The molecule has 0 aliphatic heterocycles. The summed E-state index contributed by atoms with van der Waals surface area (Å²) in [6.45, 7) is 13.5. The van der Waals surface area contributed by atoms with E-state index in [-0.39, 0.29) is 0 Å². The molecule has 8 aromatic carbocycles. The van der Waals surface area contributed by atoms with Gasteiger partial charge in [-0.25, -0.2) is 0 Å². The SMILES string of the molecule is Cc1cc(C)c(-c2c3ccccc3c(-c3c(C)cc(C)cc3C)c3cc(-c4ccc5c(c4)c4ccccc4n5-c4ccccc4)ccc23)c(C)c1. The average Bonchev–Trinajstić information content (AvgIpc) is 3.45. The van der Waals surface area contributed by atoms with Crippen LogP contribution in [0.4, 0.5) is 0 Å². The highest BCUT2D eigenvalue weighted by Gasteiger charge is 2.22. The van der Waals surface area contributed by atoms with Crippen molar-refractivity contribution in [1.29, 1.82) is 0 Å². The molecule has 0 fully saturated rings. The Hall–Kier alpha value is -5.92. The zero-order chi connectivity index (χ0) is 35.0. The topological polar surface area (TPSA) is 4.93 Å². The Morgan fingerprint density at radius 3 is 1.33 bits per heavy atom. The highest BCUT2D eigenvalue weighted by Crippen LogP contribution is 2.48. The van der Waals surface area contributed by atoms with Crippen molar-refractivity contribution in [3.63, 3.8) is 0 Å². The van der Waals surface area contributed by atoms with Crippen molar-refractivity contribution in [3.05, 3.63) is 173 Å². The van der Waals surface area contributed by atoms with Gasteiger partial charge in [0.2, 0.25) is 0 Å². The van der Waals surface area contributed by atoms with Gasteiger partial charge >= 0.3 is 0 Å². The molecule has 0 amide bonds. The Labute approximate surface area is 300 Å². The van der Waals surface area contributed by atoms with Gasteiger partial charge in [-0.15, -0.1) is 0 Å². The van der Waals surface area contributed by atoms with E-state index in [2.05, 4.69) is 186 Å². The Morgan fingerprint density at radius 1 is 0.314 bits per heavy atom. The van der Waals surface area contributed by atoms with Crippen LogP contribution in [0, 0.1) is 41.5 Å². The van der Waals surface area contributed by atoms with Crippen LogP contribution in [-0.2, 0) is 0 Å². The number of benzene rings is 8. The molecule has 51 heavy (non-hydrogen) atoms. The molecule has 0 atom stereocenters. The van der Waals surface area contributed by atoms with Crippen molar-refractivity contribution in [2.45, 2.75) is 41.5 Å². The first-order valence-corrected chi connectivity index (χ1v) is 18.0. The number of hydrogen-bond donors (Lipinski definition) is 0. The van der Waals surface area contributed by atoms with Crippen molar-refractivity contribution in [2.75, 3.05) is 0 Å². The predicted molar refractivity (Wildman–Crippen MR) is 221 cm³/mol. The first-order chi connectivity index (χ1) is 24.8. The third-order valence-electron chi connectivity index (χ3n) is 10.9. The Bertz CT molecular complexity index is 2800. The molecule has 1 aromatic heterocycles. The number of nitrogens with zero attached hydrogens (tertiary/aromatic N) is 1.